The van der Waals surface area contributed by atoms with Crippen LogP contribution in [0, 0.1) is 5.82 Å². The highest BCUT2D eigenvalue weighted by atomic mass is 19.1. The number of carbonyl (C=O) groups excluding carboxylic acids is 1. The van der Waals surface area contributed by atoms with Crippen molar-refractivity contribution < 1.29 is 13.9 Å². The number of rotatable bonds is 7. The summed E-state index contributed by atoms with van der Waals surface area (Å²) in [6, 6.07) is 15.2. The first-order valence-electron chi connectivity index (χ1n) is 11.6. The van der Waals surface area contributed by atoms with Crippen molar-refractivity contribution in [1.29, 1.82) is 0 Å². The summed E-state index contributed by atoms with van der Waals surface area (Å²) >= 11 is 0. The van der Waals surface area contributed by atoms with E-state index in [0.717, 1.165) is 57.6 Å². The Kier molecular flexibility index (Phi) is 6.61. The van der Waals surface area contributed by atoms with Gasteiger partial charge in [0, 0.05) is 31.2 Å². The number of piperidine rings is 1. The standard InChI is InChI=1S/C26H33FN2O2/c1-3-4-15-31-24-10-5-7-21(16-24)19-28-14-13-26(18-20(28)2)12-11-25(30)29(26)23-9-6-8-22(27)17-23/h5-10,16-17,20H,3-4,11-15,18-19H2,1-2H3. The molecule has 2 fully saturated rings. The zero-order valence-electron chi connectivity index (χ0n) is 18.6. The third-order valence-corrected chi connectivity index (χ3v) is 6.81. The van der Waals surface area contributed by atoms with Crippen LogP contribution in [0.15, 0.2) is 48.5 Å². The second-order valence-corrected chi connectivity index (χ2v) is 9.06. The lowest BCUT2D eigenvalue weighted by Gasteiger charge is -2.48. The Hall–Kier alpha value is -2.40. The predicted molar refractivity (Wildman–Crippen MR) is 122 cm³/mol. The Morgan fingerprint density at radius 2 is 2.00 bits per heavy atom. The van der Waals surface area contributed by atoms with Gasteiger partial charge in [-0.15, -0.1) is 0 Å². The molecule has 1 spiro atoms. The van der Waals surface area contributed by atoms with Crippen LogP contribution in [0.4, 0.5) is 10.1 Å². The zero-order valence-corrected chi connectivity index (χ0v) is 18.6. The Morgan fingerprint density at radius 3 is 2.77 bits per heavy atom. The largest absolute Gasteiger partial charge is 0.494 e. The first-order valence-corrected chi connectivity index (χ1v) is 11.6. The maximum absolute atomic E-state index is 13.9. The van der Waals surface area contributed by atoms with Crippen LogP contribution in [-0.2, 0) is 11.3 Å². The van der Waals surface area contributed by atoms with E-state index in [-0.39, 0.29) is 17.3 Å². The van der Waals surface area contributed by atoms with Crippen LogP contribution >= 0.6 is 0 Å². The second kappa shape index (κ2) is 9.39. The predicted octanol–water partition coefficient (Wildman–Crippen LogP) is 5.55. The Labute approximate surface area is 185 Å². The highest BCUT2D eigenvalue weighted by molar-refractivity contribution is 5.97. The average molecular weight is 425 g/mol. The Balaban J connectivity index is 1.45. The molecule has 2 aromatic carbocycles. The van der Waals surface area contributed by atoms with Crippen LogP contribution in [0.25, 0.3) is 0 Å². The average Bonchev–Trinajstić information content (AvgIpc) is 3.06. The molecule has 31 heavy (non-hydrogen) atoms. The topological polar surface area (TPSA) is 32.8 Å². The molecule has 0 aliphatic carbocycles. The van der Waals surface area contributed by atoms with E-state index in [4.69, 9.17) is 4.74 Å². The Morgan fingerprint density at radius 1 is 1.16 bits per heavy atom. The minimum Gasteiger partial charge on any atom is -0.494 e. The fraction of sp³-hybridized carbons (Fsp3) is 0.500. The molecule has 5 heteroatoms. The molecular weight excluding hydrogens is 391 g/mol. The van der Waals surface area contributed by atoms with Crippen LogP contribution in [0.2, 0.25) is 0 Å². The smallest absolute Gasteiger partial charge is 0.227 e. The molecule has 4 rings (SSSR count). The minimum absolute atomic E-state index is 0.114. The van der Waals surface area contributed by atoms with Crippen LogP contribution < -0.4 is 9.64 Å². The van der Waals surface area contributed by atoms with Crippen molar-refractivity contribution >= 4 is 11.6 Å². The molecule has 2 aliphatic heterocycles. The lowest BCUT2D eigenvalue weighted by molar-refractivity contribution is -0.117. The van der Waals surface area contributed by atoms with Crippen molar-refractivity contribution in [3.05, 3.63) is 59.9 Å². The van der Waals surface area contributed by atoms with Crippen LogP contribution in [0.1, 0.15) is 57.9 Å². The number of benzene rings is 2. The molecule has 0 saturated carbocycles. The molecule has 0 bridgehead atoms. The van der Waals surface area contributed by atoms with E-state index in [1.54, 1.807) is 6.07 Å². The summed E-state index contributed by atoms with van der Waals surface area (Å²) in [7, 11) is 0. The van der Waals surface area contributed by atoms with Gasteiger partial charge in [-0.05, 0) is 68.5 Å². The molecule has 166 valence electrons. The van der Waals surface area contributed by atoms with Crippen molar-refractivity contribution in [2.24, 2.45) is 0 Å². The molecule has 2 aromatic rings. The maximum atomic E-state index is 13.9. The molecule has 1 amide bonds. The number of ether oxygens (including phenoxy) is 1. The summed E-state index contributed by atoms with van der Waals surface area (Å²) in [5.74, 6) is 0.757. The quantitative estimate of drug-likeness (QED) is 0.546. The van der Waals surface area contributed by atoms with E-state index in [0.29, 0.717) is 18.2 Å². The second-order valence-electron chi connectivity index (χ2n) is 9.06. The maximum Gasteiger partial charge on any atom is 0.227 e. The lowest BCUT2D eigenvalue weighted by atomic mass is 9.81. The highest BCUT2D eigenvalue weighted by Crippen LogP contribution is 2.44. The van der Waals surface area contributed by atoms with Crippen molar-refractivity contribution in [3.63, 3.8) is 0 Å². The van der Waals surface area contributed by atoms with Crippen molar-refractivity contribution in [3.8, 4) is 5.75 Å². The molecule has 2 heterocycles. The summed E-state index contributed by atoms with van der Waals surface area (Å²) in [5, 5.41) is 0. The number of anilines is 1. The minimum atomic E-state index is -0.293. The van der Waals surface area contributed by atoms with Gasteiger partial charge < -0.3 is 9.64 Å². The zero-order chi connectivity index (χ0) is 21.8. The monoisotopic (exact) mass is 424 g/mol. The van der Waals surface area contributed by atoms with Gasteiger partial charge in [-0.3, -0.25) is 9.69 Å². The van der Waals surface area contributed by atoms with Crippen LogP contribution in [0.5, 0.6) is 5.75 Å². The number of unbranched alkanes of at least 4 members (excludes halogenated alkanes) is 1. The number of carbonyl (C=O) groups is 1. The van der Waals surface area contributed by atoms with Gasteiger partial charge in [0.15, 0.2) is 0 Å². The van der Waals surface area contributed by atoms with Gasteiger partial charge in [-0.2, -0.15) is 0 Å². The number of hydrogen-bond acceptors (Lipinski definition) is 3. The molecule has 2 atom stereocenters. The highest BCUT2D eigenvalue weighted by Gasteiger charge is 2.49. The van der Waals surface area contributed by atoms with E-state index < -0.39 is 0 Å². The lowest BCUT2D eigenvalue weighted by Crippen LogP contribution is -2.56. The summed E-state index contributed by atoms with van der Waals surface area (Å²) in [4.78, 5) is 17.1. The summed E-state index contributed by atoms with van der Waals surface area (Å²) in [6.45, 7) is 6.95. The molecule has 4 nitrogen and oxygen atoms in total. The van der Waals surface area contributed by atoms with Crippen molar-refractivity contribution in [1.82, 2.24) is 4.90 Å². The molecule has 0 N–H and O–H groups in total. The van der Waals surface area contributed by atoms with Crippen LogP contribution in [-0.4, -0.2) is 35.5 Å². The van der Waals surface area contributed by atoms with E-state index in [1.165, 1.54) is 17.7 Å². The van der Waals surface area contributed by atoms with Gasteiger partial charge in [0.1, 0.15) is 11.6 Å². The molecule has 0 aromatic heterocycles. The first-order chi connectivity index (χ1) is 15.0. The number of amides is 1. The molecular formula is C26H33FN2O2. The molecule has 2 aliphatic rings. The number of nitrogens with zero attached hydrogens (tertiary/aromatic N) is 2. The summed E-state index contributed by atoms with van der Waals surface area (Å²) < 4.78 is 19.7. The van der Waals surface area contributed by atoms with Crippen molar-refractivity contribution in [2.45, 2.75) is 70.5 Å². The number of likely N-dealkylation sites (tertiary alicyclic amines) is 1. The van der Waals surface area contributed by atoms with E-state index >= 15 is 0 Å². The third kappa shape index (κ3) is 4.77. The van der Waals surface area contributed by atoms with E-state index in [9.17, 15) is 9.18 Å². The molecule has 2 unspecified atom stereocenters. The fourth-order valence-electron chi connectivity index (χ4n) is 5.18. The van der Waals surface area contributed by atoms with Gasteiger partial charge in [0.05, 0.1) is 12.1 Å². The van der Waals surface area contributed by atoms with Gasteiger partial charge in [-0.1, -0.05) is 31.5 Å². The number of hydrogen-bond donors (Lipinski definition) is 0. The van der Waals surface area contributed by atoms with Crippen LogP contribution in [0.3, 0.4) is 0 Å². The van der Waals surface area contributed by atoms with E-state index in [1.807, 2.05) is 17.0 Å². The fourth-order valence-corrected chi connectivity index (χ4v) is 5.18. The van der Waals surface area contributed by atoms with Gasteiger partial charge in [0.2, 0.25) is 5.91 Å². The SMILES string of the molecule is CCCCOc1cccc(CN2CCC3(CCC(=O)N3c3cccc(F)c3)CC2C)c1. The molecule has 0 radical (unpaired) electrons. The number of halogens is 1. The Bertz CT molecular complexity index is 918. The van der Waals surface area contributed by atoms with Gasteiger partial charge in [0.25, 0.3) is 0 Å². The third-order valence-electron chi connectivity index (χ3n) is 6.81. The first kappa shape index (κ1) is 21.8. The van der Waals surface area contributed by atoms with Gasteiger partial charge >= 0.3 is 0 Å². The normalized spacial score (nSPS) is 24.2. The molecule has 2 saturated heterocycles. The van der Waals surface area contributed by atoms with Crippen molar-refractivity contribution in [2.75, 3.05) is 18.1 Å². The van der Waals surface area contributed by atoms with E-state index in [2.05, 4.69) is 36.9 Å². The van der Waals surface area contributed by atoms with Gasteiger partial charge in [-0.25, -0.2) is 4.39 Å². The summed E-state index contributed by atoms with van der Waals surface area (Å²) in [6.07, 6.45) is 5.40. The summed E-state index contributed by atoms with van der Waals surface area (Å²) in [5.41, 5.74) is 1.74.